The third kappa shape index (κ3) is 2.35. The van der Waals surface area contributed by atoms with Gasteiger partial charge >= 0.3 is 0 Å². The van der Waals surface area contributed by atoms with E-state index in [9.17, 15) is 9.59 Å². The number of nitrogens with one attached hydrogen (secondary N) is 1. The Balaban J connectivity index is 1.94. The third-order valence-electron chi connectivity index (χ3n) is 4.34. The van der Waals surface area contributed by atoms with Crippen molar-refractivity contribution < 1.29 is 9.59 Å². The van der Waals surface area contributed by atoms with Crippen LogP contribution in [0.3, 0.4) is 0 Å². The minimum atomic E-state index is -0.342. The number of rotatable bonds is 2. The Morgan fingerprint density at radius 2 is 2.14 bits per heavy atom. The average Bonchev–Trinajstić information content (AvgIpc) is 2.65. The molecule has 0 aromatic heterocycles. The topological polar surface area (TPSA) is 49.4 Å². The van der Waals surface area contributed by atoms with E-state index in [1.807, 2.05) is 25.1 Å². The summed E-state index contributed by atoms with van der Waals surface area (Å²) < 4.78 is 0. The van der Waals surface area contributed by atoms with Crippen LogP contribution in [0.25, 0.3) is 5.57 Å². The van der Waals surface area contributed by atoms with Crippen LogP contribution in [0, 0.1) is 0 Å². The van der Waals surface area contributed by atoms with Crippen molar-refractivity contribution in [3.8, 4) is 0 Å². The first-order valence-corrected chi connectivity index (χ1v) is 7.46. The molecule has 0 unspecified atom stereocenters. The van der Waals surface area contributed by atoms with E-state index in [1.165, 1.54) is 0 Å². The molecule has 4 nitrogen and oxygen atoms in total. The molecule has 2 amide bonds. The largest absolute Gasteiger partial charge is 0.354 e. The number of hydrogen-bond donors (Lipinski definition) is 1. The predicted octanol–water partition coefficient (Wildman–Crippen LogP) is 2.34. The van der Waals surface area contributed by atoms with E-state index in [0.29, 0.717) is 18.7 Å². The maximum Gasteiger partial charge on any atom is 0.255 e. The van der Waals surface area contributed by atoms with Crippen LogP contribution in [0.4, 0.5) is 0 Å². The van der Waals surface area contributed by atoms with Crippen molar-refractivity contribution in [3.63, 3.8) is 0 Å². The Hall–Kier alpha value is -2.10. The lowest BCUT2D eigenvalue weighted by Gasteiger charge is -2.25. The lowest BCUT2D eigenvalue weighted by atomic mass is 9.99. The molecular weight excluding hydrogens is 264 g/mol. The molecule has 1 aromatic carbocycles. The molecule has 1 saturated heterocycles. The van der Waals surface area contributed by atoms with Gasteiger partial charge in [0.1, 0.15) is 6.04 Å². The monoisotopic (exact) mass is 284 g/mol. The number of fused-ring (bicyclic) bond motifs is 1. The van der Waals surface area contributed by atoms with Crippen molar-refractivity contribution >= 4 is 17.4 Å². The Kier molecular flexibility index (Phi) is 3.53. The zero-order valence-corrected chi connectivity index (χ0v) is 12.3. The molecule has 4 heteroatoms. The zero-order valence-electron chi connectivity index (χ0n) is 12.3. The normalized spacial score (nSPS) is 21.8. The molecule has 110 valence electrons. The number of allylic oxidation sites excluding steroid dienone is 1. The highest BCUT2D eigenvalue weighted by Crippen LogP contribution is 2.31. The van der Waals surface area contributed by atoms with Crippen LogP contribution >= 0.6 is 0 Å². The van der Waals surface area contributed by atoms with Crippen LogP contribution in [-0.4, -0.2) is 29.3 Å². The van der Waals surface area contributed by atoms with Gasteiger partial charge in [-0.25, -0.2) is 0 Å². The van der Waals surface area contributed by atoms with Crippen LogP contribution in [0.15, 0.2) is 24.8 Å². The van der Waals surface area contributed by atoms with E-state index in [-0.39, 0.29) is 17.9 Å². The van der Waals surface area contributed by atoms with Crippen molar-refractivity contribution in [1.82, 2.24) is 10.2 Å². The maximum absolute atomic E-state index is 12.6. The van der Waals surface area contributed by atoms with Gasteiger partial charge in [-0.1, -0.05) is 24.3 Å². The molecule has 2 aliphatic rings. The van der Waals surface area contributed by atoms with Gasteiger partial charge in [-0.05, 0) is 43.4 Å². The lowest BCUT2D eigenvalue weighted by molar-refractivity contribution is -0.125. The second-order valence-corrected chi connectivity index (χ2v) is 5.85. The number of carbonyl (C=O) groups excluding carboxylic acids is 2. The highest BCUT2D eigenvalue weighted by molar-refractivity contribution is 6.02. The number of nitrogens with zero attached hydrogens (tertiary/aromatic N) is 1. The summed E-state index contributed by atoms with van der Waals surface area (Å²) >= 11 is 0. The van der Waals surface area contributed by atoms with Crippen molar-refractivity contribution in [2.75, 3.05) is 6.54 Å². The summed E-state index contributed by atoms with van der Waals surface area (Å²) in [5, 5.41) is 2.91. The molecule has 0 spiro atoms. The molecular formula is C17H20N2O2. The number of amides is 2. The SMILES string of the molecule is C=C(C)c1cccc2c1CN([C@H]1CCCCNC1=O)C2=O. The first-order valence-electron chi connectivity index (χ1n) is 7.46. The average molecular weight is 284 g/mol. The van der Waals surface area contributed by atoms with Gasteiger partial charge in [0.05, 0.1) is 0 Å². The molecule has 2 aliphatic heterocycles. The van der Waals surface area contributed by atoms with Gasteiger partial charge in [0.15, 0.2) is 0 Å². The van der Waals surface area contributed by atoms with E-state index in [4.69, 9.17) is 0 Å². The molecule has 0 radical (unpaired) electrons. The maximum atomic E-state index is 12.6. The van der Waals surface area contributed by atoms with Gasteiger partial charge in [0.25, 0.3) is 5.91 Å². The van der Waals surface area contributed by atoms with E-state index >= 15 is 0 Å². The predicted molar refractivity (Wildman–Crippen MR) is 81.7 cm³/mol. The molecule has 1 fully saturated rings. The summed E-state index contributed by atoms with van der Waals surface area (Å²) in [5.74, 6) is -0.0549. The fourth-order valence-corrected chi connectivity index (χ4v) is 3.23. The molecule has 0 aliphatic carbocycles. The standard InChI is InChI=1S/C17H20N2O2/c1-11(2)12-6-5-7-13-14(12)10-19(17(13)21)15-8-3-4-9-18-16(15)20/h5-7,15H,1,3-4,8-10H2,2H3,(H,18,20)/t15-/m0/s1. The van der Waals surface area contributed by atoms with Crippen LogP contribution in [-0.2, 0) is 11.3 Å². The van der Waals surface area contributed by atoms with Gasteiger partial charge in [0, 0.05) is 18.7 Å². The van der Waals surface area contributed by atoms with Crippen molar-refractivity contribution in [3.05, 3.63) is 41.5 Å². The van der Waals surface area contributed by atoms with Gasteiger partial charge in [-0.2, -0.15) is 0 Å². The van der Waals surface area contributed by atoms with Crippen LogP contribution < -0.4 is 5.32 Å². The van der Waals surface area contributed by atoms with Crippen molar-refractivity contribution in [2.24, 2.45) is 0 Å². The molecule has 1 N–H and O–H groups in total. The summed E-state index contributed by atoms with van der Waals surface area (Å²) in [5.41, 5.74) is 3.70. The molecule has 1 atom stereocenters. The van der Waals surface area contributed by atoms with Gasteiger partial charge in [-0.3, -0.25) is 9.59 Å². The molecule has 3 rings (SSSR count). The van der Waals surface area contributed by atoms with Crippen molar-refractivity contribution in [1.29, 1.82) is 0 Å². The first kappa shape index (κ1) is 13.9. The van der Waals surface area contributed by atoms with Gasteiger partial charge in [0.2, 0.25) is 5.91 Å². The molecule has 0 bridgehead atoms. The molecule has 1 aromatic rings. The van der Waals surface area contributed by atoms with Crippen molar-refractivity contribution in [2.45, 2.75) is 38.8 Å². The van der Waals surface area contributed by atoms with Crippen LogP contribution in [0.1, 0.15) is 47.7 Å². The second kappa shape index (κ2) is 5.35. The quantitative estimate of drug-likeness (QED) is 0.906. The Morgan fingerprint density at radius 1 is 1.33 bits per heavy atom. The van der Waals surface area contributed by atoms with Crippen LogP contribution in [0.2, 0.25) is 0 Å². The summed E-state index contributed by atoms with van der Waals surface area (Å²) in [6.07, 6.45) is 2.69. The highest BCUT2D eigenvalue weighted by atomic mass is 16.2. The van der Waals surface area contributed by atoms with E-state index in [1.54, 1.807) is 4.90 Å². The Bertz CT molecular complexity index is 621. The number of hydrogen-bond acceptors (Lipinski definition) is 2. The van der Waals surface area contributed by atoms with Gasteiger partial charge < -0.3 is 10.2 Å². The van der Waals surface area contributed by atoms with E-state index in [0.717, 1.165) is 36.0 Å². The summed E-state index contributed by atoms with van der Waals surface area (Å²) in [7, 11) is 0. The molecule has 21 heavy (non-hydrogen) atoms. The molecule has 0 saturated carbocycles. The van der Waals surface area contributed by atoms with E-state index < -0.39 is 0 Å². The van der Waals surface area contributed by atoms with Gasteiger partial charge in [-0.15, -0.1) is 0 Å². The third-order valence-corrected chi connectivity index (χ3v) is 4.34. The fourth-order valence-electron chi connectivity index (χ4n) is 3.23. The van der Waals surface area contributed by atoms with E-state index in [2.05, 4.69) is 11.9 Å². The number of benzene rings is 1. The summed E-state index contributed by atoms with van der Waals surface area (Å²) in [6, 6.07) is 5.38. The second-order valence-electron chi connectivity index (χ2n) is 5.85. The fraction of sp³-hybridized carbons (Fsp3) is 0.412. The lowest BCUT2D eigenvalue weighted by Crippen LogP contribution is -2.45. The minimum absolute atomic E-state index is 0.0227. The van der Waals surface area contributed by atoms with Crippen LogP contribution in [0.5, 0.6) is 0 Å². The smallest absolute Gasteiger partial charge is 0.255 e. The zero-order chi connectivity index (χ0) is 15.0. The Labute approximate surface area is 124 Å². The minimum Gasteiger partial charge on any atom is -0.354 e. The molecule has 2 heterocycles. The highest BCUT2D eigenvalue weighted by Gasteiger charge is 2.37. The first-order chi connectivity index (χ1) is 10.1. The Morgan fingerprint density at radius 3 is 2.90 bits per heavy atom. The summed E-state index contributed by atoms with van der Waals surface area (Å²) in [4.78, 5) is 26.6. The summed E-state index contributed by atoms with van der Waals surface area (Å²) in [6.45, 7) is 7.15. The number of carbonyl (C=O) groups is 2.